The van der Waals surface area contributed by atoms with Gasteiger partial charge in [0.25, 0.3) is 5.91 Å². The maximum Gasteiger partial charge on any atom is 0.260 e. The predicted molar refractivity (Wildman–Crippen MR) is 90.4 cm³/mol. The third-order valence-electron chi connectivity index (χ3n) is 3.91. The summed E-state index contributed by atoms with van der Waals surface area (Å²) < 4.78 is 10.7. The number of hydrogen-bond acceptors (Lipinski definition) is 4. The van der Waals surface area contributed by atoms with Crippen molar-refractivity contribution in [3.8, 4) is 11.5 Å². The summed E-state index contributed by atoms with van der Waals surface area (Å²) in [4.78, 5) is 15.0. The Kier molecular flexibility index (Phi) is 4.51. The minimum absolute atomic E-state index is 0.0384. The van der Waals surface area contributed by atoms with Crippen LogP contribution in [0, 0.1) is 6.92 Å². The van der Waals surface area contributed by atoms with Gasteiger partial charge in [-0.05, 0) is 38.5 Å². The van der Waals surface area contributed by atoms with Gasteiger partial charge in [-0.3, -0.25) is 4.79 Å². The van der Waals surface area contributed by atoms with Crippen LogP contribution in [0.5, 0.6) is 0 Å². The van der Waals surface area contributed by atoms with Gasteiger partial charge in [-0.2, -0.15) is 0 Å². The topological polar surface area (TPSA) is 59.5 Å². The van der Waals surface area contributed by atoms with Gasteiger partial charge in [-0.1, -0.05) is 35.5 Å². The van der Waals surface area contributed by atoms with Crippen LogP contribution in [-0.2, 0) is 6.54 Å². The van der Waals surface area contributed by atoms with Gasteiger partial charge in [0.05, 0.1) is 6.26 Å². The highest BCUT2D eigenvalue weighted by molar-refractivity contribution is 6.00. The van der Waals surface area contributed by atoms with Crippen LogP contribution in [0.25, 0.3) is 11.5 Å². The second kappa shape index (κ2) is 6.74. The zero-order chi connectivity index (χ0) is 17.1. The molecule has 124 valence electrons. The van der Waals surface area contributed by atoms with Crippen LogP contribution in [-0.4, -0.2) is 22.0 Å². The summed E-state index contributed by atoms with van der Waals surface area (Å²) in [5, 5.41) is 4.01. The lowest BCUT2D eigenvalue weighted by molar-refractivity contribution is 0.0689. The summed E-state index contributed by atoms with van der Waals surface area (Å²) in [6, 6.07) is 13.5. The molecular formula is C19H20N2O3. The Morgan fingerprint density at radius 2 is 1.92 bits per heavy atom. The molecule has 0 spiro atoms. The van der Waals surface area contributed by atoms with E-state index in [0.717, 1.165) is 5.56 Å². The van der Waals surface area contributed by atoms with Crippen molar-refractivity contribution in [1.82, 2.24) is 10.1 Å². The highest BCUT2D eigenvalue weighted by Gasteiger charge is 2.28. The smallest absolute Gasteiger partial charge is 0.260 e. The summed E-state index contributed by atoms with van der Waals surface area (Å²) in [7, 11) is 0. The number of carbonyl (C=O) groups excluding carboxylic acids is 1. The first-order chi connectivity index (χ1) is 11.6. The molecule has 0 atom stereocenters. The monoisotopic (exact) mass is 324 g/mol. The fraction of sp³-hybridized carbons (Fsp3) is 0.263. The number of nitrogens with zero attached hydrogens (tertiary/aromatic N) is 2. The van der Waals surface area contributed by atoms with Crippen LogP contribution in [0.15, 0.2) is 57.7 Å². The van der Waals surface area contributed by atoms with Crippen LogP contribution >= 0.6 is 0 Å². The number of furan rings is 1. The first-order valence-corrected chi connectivity index (χ1v) is 7.93. The number of rotatable bonds is 5. The maximum absolute atomic E-state index is 13.2. The molecule has 1 aromatic carbocycles. The standard InChI is InChI=1S/C19H20N2O3/c1-13(2)21(12-15-8-5-4-6-9-15)19(22)17-14(3)24-20-18(17)16-10-7-11-23-16/h4-11,13H,12H2,1-3H3. The Morgan fingerprint density at radius 1 is 1.17 bits per heavy atom. The SMILES string of the molecule is Cc1onc(-c2ccco2)c1C(=O)N(Cc1ccccc1)C(C)C. The Balaban J connectivity index is 1.95. The van der Waals surface area contributed by atoms with Crippen molar-refractivity contribution in [2.45, 2.75) is 33.4 Å². The van der Waals surface area contributed by atoms with E-state index in [0.29, 0.717) is 29.3 Å². The van der Waals surface area contributed by atoms with Crippen molar-refractivity contribution in [3.63, 3.8) is 0 Å². The molecule has 3 rings (SSSR count). The second-order valence-electron chi connectivity index (χ2n) is 5.95. The van der Waals surface area contributed by atoms with Crippen molar-refractivity contribution in [2.24, 2.45) is 0 Å². The molecule has 3 aromatic rings. The third-order valence-corrected chi connectivity index (χ3v) is 3.91. The fourth-order valence-corrected chi connectivity index (χ4v) is 2.62. The largest absolute Gasteiger partial charge is 0.463 e. The number of aryl methyl sites for hydroxylation is 1. The van der Waals surface area contributed by atoms with Crippen LogP contribution in [0.2, 0.25) is 0 Å². The first-order valence-electron chi connectivity index (χ1n) is 7.93. The van der Waals surface area contributed by atoms with Crippen molar-refractivity contribution in [3.05, 3.63) is 65.6 Å². The van der Waals surface area contributed by atoms with E-state index in [9.17, 15) is 4.79 Å². The lowest BCUT2D eigenvalue weighted by atomic mass is 10.1. The quantitative estimate of drug-likeness (QED) is 0.702. The zero-order valence-electron chi connectivity index (χ0n) is 14.0. The van der Waals surface area contributed by atoms with E-state index in [-0.39, 0.29) is 11.9 Å². The van der Waals surface area contributed by atoms with E-state index >= 15 is 0 Å². The molecule has 0 unspecified atom stereocenters. The van der Waals surface area contributed by atoms with Gasteiger partial charge in [0.2, 0.25) is 0 Å². The molecule has 0 fully saturated rings. The lowest BCUT2D eigenvalue weighted by Gasteiger charge is -2.27. The summed E-state index contributed by atoms with van der Waals surface area (Å²) in [6.45, 7) is 6.26. The van der Waals surface area contributed by atoms with Gasteiger partial charge in [0.1, 0.15) is 11.3 Å². The van der Waals surface area contributed by atoms with Gasteiger partial charge < -0.3 is 13.8 Å². The molecule has 0 aliphatic carbocycles. The molecule has 2 aromatic heterocycles. The first kappa shape index (κ1) is 16.1. The molecule has 0 radical (unpaired) electrons. The zero-order valence-corrected chi connectivity index (χ0v) is 14.0. The van der Waals surface area contributed by atoms with Gasteiger partial charge >= 0.3 is 0 Å². The maximum atomic E-state index is 13.2. The number of hydrogen-bond donors (Lipinski definition) is 0. The average Bonchev–Trinajstić information content (AvgIpc) is 3.22. The molecular weight excluding hydrogens is 304 g/mol. The molecule has 0 N–H and O–H groups in total. The fourth-order valence-electron chi connectivity index (χ4n) is 2.62. The van der Waals surface area contributed by atoms with Crippen LogP contribution in [0.3, 0.4) is 0 Å². The van der Waals surface area contributed by atoms with Crippen molar-refractivity contribution >= 4 is 5.91 Å². The highest BCUT2D eigenvalue weighted by Crippen LogP contribution is 2.28. The van der Waals surface area contributed by atoms with E-state index < -0.39 is 0 Å². The van der Waals surface area contributed by atoms with Gasteiger partial charge in [0, 0.05) is 12.6 Å². The molecule has 0 aliphatic rings. The van der Waals surface area contributed by atoms with Crippen LogP contribution in [0.4, 0.5) is 0 Å². The molecule has 1 amide bonds. The summed E-state index contributed by atoms with van der Waals surface area (Å²) in [6.07, 6.45) is 1.55. The molecule has 0 bridgehead atoms. The summed E-state index contributed by atoms with van der Waals surface area (Å²) in [5.74, 6) is 0.905. The Morgan fingerprint density at radius 3 is 2.54 bits per heavy atom. The molecule has 0 aliphatic heterocycles. The highest BCUT2D eigenvalue weighted by atomic mass is 16.5. The number of benzene rings is 1. The minimum atomic E-state index is -0.112. The van der Waals surface area contributed by atoms with Gasteiger partial charge in [-0.25, -0.2) is 0 Å². The van der Waals surface area contributed by atoms with Crippen molar-refractivity contribution in [1.29, 1.82) is 0 Å². The van der Waals surface area contributed by atoms with Gasteiger partial charge in [-0.15, -0.1) is 0 Å². The second-order valence-corrected chi connectivity index (χ2v) is 5.95. The van der Waals surface area contributed by atoms with Crippen LogP contribution < -0.4 is 0 Å². The molecule has 0 saturated heterocycles. The summed E-state index contributed by atoms with van der Waals surface area (Å²) in [5.41, 5.74) is 1.98. The van der Waals surface area contributed by atoms with E-state index in [1.54, 1.807) is 30.2 Å². The van der Waals surface area contributed by atoms with Gasteiger partial charge in [0.15, 0.2) is 11.5 Å². The number of carbonyl (C=O) groups is 1. The lowest BCUT2D eigenvalue weighted by Crippen LogP contribution is -2.36. The predicted octanol–water partition coefficient (Wildman–Crippen LogP) is 4.29. The van der Waals surface area contributed by atoms with Crippen molar-refractivity contribution < 1.29 is 13.7 Å². The Hall–Kier alpha value is -2.82. The normalized spacial score (nSPS) is 11.0. The molecule has 0 saturated carbocycles. The Bertz CT molecular complexity index is 805. The van der Waals surface area contributed by atoms with E-state index in [2.05, 4.69) is 5.16 Å². The van der Waals surface area contributed by atoms with Crippen LogP contribution in [0.1, 0.15) is 35.5 Å². The minimum Gasteiger partial charge on any atom is -0.463 e. The molecule has 24 heavy (non-hydrogen) atoms. The van der Waals surface area contributed by atoms with E-state index in [1.807, 2.05) is 44.2 Å². The van der Waals surface area contributed by atoms with E-state index in [4.69, 9.17) is 8.94 Å². The summed E-state index contributed by atoms with van der Waals surface area (Å²) >= 11 is 0. The van der Waals surface area contributed by atoms with Crippen molar-refractivity contribution in [2.75, 3.05) is 0 Å². The van der Waals surface area contributed by atoms with E-state index in [1.165, 1.54) is 0 Å². The molecule has 2 heterocycles. The molecule has 5 heteroatoms. The average molecular weight is 324 g/mol. The number of aromatic nitrogens is 1. The number of amides is 1. The third kappa shape index (κ3) is 3.11. The molecule has 5 nitrogen and oxygen atoms in total. The Labute approximate surface area is 140 Å².